The van der Waals surface area contributed by atoms with Crippen LogP contribution in [-0.4, -0.2) is 55.2 Å². The first-order valence-electron chi connectivity index (χ1n) is 9.49. The monoisotopic (exact) mass is 358 g/mol. The second-order valence-corrected chi connectivity index (χ2v) is 7.73. The molecule has 2 bridgehead atoms. The van der Waals surface area contributed by atoms with Gasteiger partial charge >= 0.3 is 5.97 Å². The highest BCUT2D eigenvalue weighted by Crippen LogP contribution is 2.53. The zero-order valence-corrected chi connectivity index (χ0v) is 15.1. The fraction of sp³-hybridized carbons (Fsp3) is 0.600. The summed E-state index contributed by atoms with van der Waals surface area (Å²) in [4.78, 5) is 28.9. The summed E-state index contributed by atoms with van der Waals surface area (Å²) >= 11 is 0. The molecule has 3 fully saturated rings. The van der Waals surface area contributed by atoms with E-state index in [0.29, 0.717) is 13.1 Å². The van der Waals surface area contributed by atoms with Gasteiger partial charge in [-0.15, -0.1) is 0 Å². The van der Waals surface area contributed by atoms with E-state index in [2.05, 4.69) is 4.90 Å². The number of rotatable bonds is 4. The molecule has 2 aliphatic carbocycles. The summed E-state index contributed by atoms with van der Waals surface area (Å²) in [6.45, 7) is 2.86. The Morgan fingerprint density at radius 3 is 2.19 bits per heavy atom. The largest absolute Gasteiger partial charge is 0.497 e. The van der Waals surface area contributed by atoms with E-state index in [1.165, 1.54) is 0 Å². The Morgan fingerprint density at radius 1 is 1.00 bits per heavy atom. The number of piperazine rings is 1. The highest BCUT2D eigenvalue weighted by molar-refractivity contribution is 5.86. The molecular formula is C20H26N2O4. The molecule has 4 atom stereocenters. The molecule has 26 heavy (non-hydrogen) atoms. The van der Waals surface area contributed by atoms with Gasteiger partial charge in [-0.05, 0) is 55.4 Å². The number of nitrogens with zero attached hydrogens (tertiary/aromatic N) is 2. The average Bonchev–Trinajstić information content (AvgIpc) is 3.29. The minimum Gasteiger partial charge on any atom is -0.497 e. The van der Waals surface area contributed by atoms with Crippen molar-refractivity contribution in [1.82, 2.24) is 4.90 Å². The van der Waals surface area contributed by atoms with Crippen molar-refractivity contribution in [2.45, 2.75) is 19.3 Å². The van der Waals surface area contributed by atoms with Crippen molar-refractivity contribution in [2.75, 3.05) is 38.2 Å². The van der Waals surface area contributed by atoms with E-state index in [1.807, 2.05) is 29.2 Å². The van der Waals surface area contributed by atoms with Crippen LogP contribution in [0.1, 0.15) is 19.3 Å². The number of carbonyl (C=O) groups is 2. The van der Waals surface area contributed by atoms with Gasteiger partial charge in [0.25, 0.3) is 0 Å². The molecule has 3 aliphatic rings. The molecule has 1 amide bonds. The first kappa shape index (κ1) is 17.2. The maximum Gasteiger partial charge on any atom is 0.307 e. The Kier molecular flexibility index (Phi) is 4.51. The molecule has 1 aromatic rings. The molecule has 2 saturated carbocycles. The number of benzene rings is 1. The Hall–Kier alpha value is -2.24. The standard InChI is InChI=1S/C20H26N2O4/c1-26-16-6-4-15(5-7-16)21-8-10-22(11-9-21)19(23)17-13-2-3-14(12-13)18(17)20(24)25/h4-7,13-14,17-18H,2-3,8-12H2,1H3,(H,24,25)/t13-,14+,17-,18+/m1/s1. The highest BCUT2D eigenvalue weighted by Gasteiger charge is 2.54. The van der Waals surface area contributed by atoms with E-state index >= 15 is 0 Å². The predicted molar refractivity (Wildman–Crippen MR) is 97.2 cm³/mol. The number of hydrogen-bond donors (Lipinski definition) is 1. The van der Waals surface area contributed by atoms with Crippen molar-refractivity contribution in [3.05, 3.63) is 24.3 Å². The third-order valence-electron chi connectivity index (χ3n) is 6.52. The minimum atomic E-state index is -0.785. The Labute approximate surface area is 153 Å². The summed E-state index contributed by atoms with van der Waals surface area (Å²) in [5.41, 5.74) is 1.13. The summed E-state index contributed by atoms with van der Waals surface area (Å²) in [7, 11) is 1.65. The van der Waals surface area contributed by atoms with Crippen LogP contribution in [0, 0.1) is 23.7 Å². The molecule has 4 rings (SSSR count). The van der Waals surface area contributed by atoms with Crippen LogP contribution in [0.2, 0.25) is 0 Å². The van der Waals surface area contributed by atoms with E-state index in [4.69, 9.17) is 4.74 Å². The fourth-order valence-corrected chi connectivity index (χ4v) is 5.19. The number of carbonyl (C=O) groups excluding carboxylic acids is 1. The maximum atomic E-state index is 13.1. The smallest absolute Gasteiger partial charge is 0.307 e. The van der Waals surface area contributed by atoms with Crippen molar-refractivity contribution in [1.29, 1.82) is 0 Å². The minimum absolute atomic E-state index is 0.0685. The van der Waals surface area contributed by atoms with Crippen LogP contribution in [0.5, 0.6) is 5.75 Å². The number of ether oxygens (including phenoxy) is 1. The summed E-state index contributed by atoms with van der Waals surface area (Å²) in [6, 6.07) is 7.96. The number of carboxylic acids is 1. The van der Waals surface area contributed by atoms with E-state index in [0.717, 1.165) is 43.8 Å². The molecule has 0 unspecified atom stereocenters. The number of fused-ring (bicyclic) bond motifs is 2. The van der Waals surface area contributed by atoms with E-state index in [9.17, 15) is 14.7 Å². The van der Waals surface area contributed by atoms with Crippen LogP contribution in [0.3, 0.4) is 0 Å². The van der Waals surface area contributed by atoms with Gasteiger partial charge < -0.3 is 19.6 Å². The average molecular weight is 358 g/mol. The zero-order valence-electron chi connectivity index (χ0n) is 15.1. The van der Waals surface area contributed by atoms with Crippen LogP contribution in [0.4, 0.5) is 5.69 Å². The van der Waals surface area contributed by atoms with E-state index < -0.39 is 11.9 Å². The van der Waals surface area contributed by atoms with Crippen LogP contribution in [0.25, 0.3) is 0 Å². The topological polar surface area (TPSA) is 70.1 Å². The molecule has 0 spiro atoms. The van der Waals surface area contributed by atoms with Crippen molar-refractivity contribution in [3.63, 3.8) is 0 Å². The number of aliphatic carboxylic acids is 1. The number of anilines is 1. The quantitative estimate of drug-likeness (QED) is 0.892. The summed E-state index contributed by atoms with van der Waals surface area (Å²) in [5.74, 6) is -0.190. The summed E-state index contributed by atoms with van der Waals surface area (Å²) in [5, 5.41) is 9.60. The summed E-state index contributed by atoms with van der Waals surface area (Å²) < 4.78 is 5.20. The summed E-state index contributed by atoms with van der Waals surface area (Å²) in [6.07, 6.45) is 2.90. The van der Waals surface area contributed by atoms with Gasteiger partial charge in [-0.25, -0.2) is 0 Å². The van der Waals surface area contributed by atoms with Gasteiger partial charge in [0.05, 0.1) is 18.9 Å². The first-order chi connectivity index (χ1) is 12.6. The van der Waals surface area contributed by atoms with Crippen LogP contribution < -0.4 is 9.64 Å². The Balaban J connectivity index is 1.39. The molecule has 0 aromatic heterocycles. The predicted octanol–water partition coefficient (Wildman–Crippen LogP) is 2.09. The number of carboxylic acid groups (broad SMARTS) is 1. The van der Waals surface area contributed by atoms with Gasteiger partial charge in [-0.1, -0.05) is 0 Å². The Bertz CT molecular complexity index is 682. The lowest BCUT2D eigenvalue weighted by Crippen LogP contribution is -2.52. The molecule has 1 aromatic carbocycles. The first-order valence-corrected chi connectivity index (χ1v) is 9.49. The van der Waals surface area contributed by atoms with Gasteiger partial charge in [0.1, 0.15) is 5.75 Å². The van der Waals surface area contributed by atoms with Crippen molar-refractivity contribution >= 4 is 17.6 Å². The van der Waals surface area contributed by atoms with Gasteiger partial charge in [0.15, 0.2) is 0 Å². The molecule has 6 nitrogen and oxygen atoms in total. The fourth-order valence-electron chi connectivity index (χ4n) is 5.19. The maximum absolute atomic E-state index is 13.1. The molecule has 1 heterocycles. The van der Waals surface area contributed by atoms with E-state index in [1.54, 1.807) is 7.11 Å². The second kappa shape index (κ2) is 6.82. The zero-order chi connectivity index (χ0) is 18.3. The molecule has 0 radical (unpaired) electrons. The van der Waals surface area contributed by atoms with Crippen molar-refractivity contribution in [2.24, 2.45) is 23.7 Å². The van der Waals surface area contributed by atoms with Gasteiger partial charge in [-0.3, -0.25) is 9.59 Å². The molecule has 140 valence electrons. The van der Waals surface area contributed by atoms with E-state index in [-0.39, 0.29) is 23.7 Å². The highest BCUT2D eigenvalue weighted by atomic mass is 16.5. The van der Waals surface area contributed by atoms with Gasteiger partial charge in [0, 0.05) is 31.9 Å². The van der Waals surface area contributed by atoms with Gasteiger partial charge in [-0.2, -0.15) is 0 Å². The van der Waals surface area contributed by atoms with Gasteiger partial charge in [0.2, 0.25) is 5.91 Å². The van der Waals surface area contributed by atoms with Crippen LogP contribution in [0.15, 0.2) is 24.3 Å². The Morgan fingerprint density at radius 2 is 1.62 bits per heavy atom. The lowest BCUT2D eigenvalue weighted by Gasteiger charge is -2.39. The number of amides is 1. The second-order valence-electron chi connectivity index (χ2n) is 7.73. The number of methoxy groups -OCH3 is 1. The molecule has 6 heteroatoms. The molecule has 1 N–H and O–H groups in total. The lowest BCUT2D eigenvalue weighted by atomic mass is 9.78. The van der Waals surface area contributed by atoms with Crippen LogP contribution >= 0.6 is 0 Å². The molecule has 1 saturated heterocycles. The third kappa shape index (κ3) is 2.91. The normalized spacial score (nSPS) is 30.5. The van der Waals surface area contributed by atoms with Crippen molar-refractivity contribution in [3.8, 4) is 5.75 Å². The van der Waals surface area contributed by atoms with Crippen LogP contribution in [-0.2, 0) is 9.59 Å². The lowest BCUT2D eigenvalue weighted by molar-refractivity contribution is -0.153. The number of hydrogen-bond acceptors (Lipinski definition) is 4. The van der Waals surface area contributed by atoms with Crippen molar-refractivity contribution < 1.29 is 19.4 Å². The molecule has 1 aliphatic heterocycles. The molecular weight excluding hydrogens is 332 g/mol. The SMILES string of the molecule is COc1ccc(N2CCN(C(=O)[C@@H]3[C@@H]4CC[C@@H](C4)[C@@H]3C(=O)O)CC2)cc1. The third-order valence-corrected chi connectivity index (χ3v) is 6.52.